The molecule has 0 unspecified atom stereocenters. The Morgan fingerprint density at radius 2 is 1.84 bits per heavy atom. The van der Waals surface area contributed by atoms with Gasteiger partial charge in [0.25, 0.3) is 11.6 Å². The van der Waals surface area contributed by atoms with Gasteiger partial charge in [-0.15, -0.1) is 0 Å². The molecule has 1 heterocycles. The number of hydrogen-bond acceptors (Lipinski definition) is 6. The number of anilines is 1. The highest BCUT2D eigenvalue weighted by Crippen LogP contribution is 2.34. The van der Waals surface area contributed by atoms with Crippen LogP contribution in [0.3, 0.4) is 0 Å². The highest BCUT2D eigenvalue weighted by Gasteiger charge is 2.31. The molecule has 31 heavy (non-hydrogen) atoms. The average Bonchev–Trinajstić information content (AvgIpc) is 3.10. The van der Waals surface area contributed by atoms with Crippen molar-refractivity contribution in [3.05, 3.63) is 63.7 Å². The molecule has 0 N–H and O–H groups in total. The third-order valence-corrected chi connectivity index (χ3v) is 5.14. The van der Waals surface area contributed by atoms with Crippen molar-refractivity contribution in [1.82, 2.24) is 0 Å². The zero-order chi connectivity index (χ0) is 22.2. The molecule has 8 heteroatoms. The summed E-state index contributed by atoms with van der Waals surface area (Å²) >= 11 is 0. The molecule has 2 aromatic rings. The molecule has 8 nitrogen and oxygen atoms in total. The summed E-state index contributed by atoms with van der Waals surface area (Å²) in [4.78, 5) is 36.1. The normalized spacial score (nSPS) is 12.5. The average molecular weight is 426 g/mol. The smallest absolute Gasteiger partial charge is 0.305 e. The second kappa shape index (κ2) is 10.6. The molecule has 0 aromatic heterocycles. The minimum Gasteiger partial charge on any atom is -0.493 e. The molecular weight excluding hydrogens is 400 g/mol. The summed E-state index contributed by atoms with van der Waals surface area (Å²) in [5, 5.41) is 10.8. The number of hydrogen-bond donors (Lipinski definition) is 0. The molecule has 0 spiro atoms. The number of esters is 1. The van der Waals surface area contributed by atoms with E-state index in [2.05, 4.69) is 0 Å². The predicted octanol–water partition coefficient (Wildman–Crippen LogP) is 4.65. The Morgan fingerprint density at radius 3 is 2.55 bits per heavy atom. The van der Waals surface area contributed by atoms with E-state index in [0.717, 1.165) is 31.2 Å². The molecule has 1 amide bonds. The molecular formula is C23H26N2O6. The van der Waals surface area contributed by atoms with E-state index in [4.69, 9.17) is 9.47 Å². The molecule has 1 aliphatic rings. The van der Waals surface area contributed by atoms with Crippen LogP contribution in [0.2, 0.25) is 0 Å². The zero-order valence-electron chi connectivity index (χ0n) is 17.5. The molecule has 0 saturated carbocycles. The Bertz CT molecular complexity index is 942. The van der Waals surface area contributed by atoms with Crippen LogP contribution in [0.15, 0.2) is 42.5 Å². The van der Waals surface area contributed by atoms with Crippen molar-refractivity contribution in [3.8, 4) is 5.75 Å². The van der Waals surface area contributed by atoms with Crippen molar-refractivity contribution in [1.29, 1.82) is 0 Å². The van der Waals surface area contributed by atoms with Crippen molar-refractivity contribution in [2.24, 2.45) is 0 Å². The van der Waals surface area contributed by atoms with Crippen LogP contribution in [-0.2, 0) is 16.1 Å². The number of non-ortho nitro benzene ring substituents is 1. The Morgan fingerprint density at radius 1 is 1.10 bits per heavy atom. The number of nitrogens with zero attached hydrogens (tertiary/aromatic N) is 2. The fourth-order valence-corrected chi connectivity index (χ4v) is 3.54. The van der Waals surface area contributed by atoms with Crippen LogP contribution in [0.25, 0.3) is 0 Å². The summed E-state index contributed by atoms with van der Waals surface area (Å²) in [6, 6.07) is 11.4. The molecule has 164 valence electrons. The fraction of sp³-hybridized carbons (Fsp3) is 0.391. The van der Waals surface area contributed by atoms with Gasteiger partial charge in [-0.2, -0.15) is 0 Å². The van der Waals surface area contributed by atoms with Crippen LogP contribution in [0.5, 0.6) is 5.75 Å². The van der Waals surface area contributed by atoms with Crippen LogP contribution in [0.1, 0.15) is 54.9 Å². The molecule has 0 saturated heterocycles. The first-order chi connectivity index (χ1) is 15.0. The number of carbonyl (C=O) groups excluding carboxylic acids is 2. The Balaban J connectivity index is 1.52. The molecule has 0 radical (unpaired) electrons. The van der Waals surface area contributed by atoms with Gasteiger partial charge in [-0.25, -0.2) is 0 Å². The number of unbranched alkanes of at least 4 members (excludes halogenated alkanes) is 3. The minimum absolute atomic E-state index is 0.0146. The second-order valence-electron chi connectivity index (χ2n) is 7.26. The number of ether oxygens (including phenoxy) is 2. The number of fused-ring (bicyclic) bond motifs is 1. The monoisotopic (exact) mass is 426 g/mol. The third-order valence-electron chi connectivity index (χ3n) is 5.14. The van der Waals surface area contributed by atoms with Gasteiger partial charge in [0.15, 0.2) is 0 Å². The topological polar surface area (TPSA) is 99.0 Å². The lowest BCUT2D eigenvalue weighted by Crippen LogP contribution is -2.22. The van der Waals surface area contributed by atoms with E-state index in [9.17, 15) is 19.7 Å². The fourth-order valence-electron chi connectivity index (χ4n) is 3.54. The highest BCUT2D eigenvalue weighted by atomic mass is 16.6. The standard InChI is InChI=1S/C23H26N2O6/c1-2-30-22(26)10-5-3-4-6-15-31-21-9-7-8-19-20(21)16-24(23(19)27)17-11-13-18(14-12-17)25(28)29/h7-9,11-14H,2-6,10,15-16H2,1H3. The van der Waals surface area contributed by atoms with Gasteiger partial charge in [0.05, 0.1) is 24.7 Å². The summed E-state index contributed by atoms with van der Waals surface area (Å²) in [7, 11) is 0. The first-order valence-electron chi connectivity index (χ1n) is 10.5. The van der Waals surface area contributed by atoms with Crippen LogP contribution in [0.4, 0.5) is 11.4 Å². The maximum absolute atomic E-state index is 12.8. The first-order valence-corrected chi connectivity index (χ1v) is 10.5. The van der Waals surface area contributed by atoms with Gasteiger partial charge in [0.2, 0.25) is 0 Å². The van der Waals surface area contributed by atoms with Crippen LogP contribution in [-0.4, -0.2) is 30.0 Å². The summed E-state index contributed by atoms with van der Waals surface area (Å²) in [6.07, 6.45) is 3.98. The highest BCUT2D eigenvalue weighted by molar-refractivity contribution is 6.10. The second-order valence-corrected chi connectivity index (χ2v) is 7.26. The van der Waals surface area contributed by atoms with Crippen molar-refractivity contribution < 1.29 is 24.0 Å². The van der Waals surface area contributed by atoms with Crippen LogP contribution < -0.4 is 9.64 Å². The number of nitro benzene ring substituents is 1. The van der Waals surface area contributed by atoms with Crippen molar-refractivity contribution >= 4 is 23.3 Å². The Kier molecular flexibility index (Phi) is 7.59. The molecule has 1 aliphatic heterocycles. The van der Waals surface area contributed by atoms with Gasteiger partial charge in [-0.3, -0.25) is 19.7 Å². The Labute approximate surface area is 180 Å². The number of nitro groups is 1. The quantitative estimate of drug-likeness (QED) is 0.224. The van der Waals surface area contributed by atoms with Crippen LogP contribution >= 0.6 is 0 Å². The van der Waals surface area contributed by atoms with Crippen molar-refractivity contribution in [2.45, 2.75) is 45.6 Å². The third kappa shape index (κ3) is 5.59. The van der Waals surface area contributed by atoms with E-state index < -0.39 is 4.92 Å². The number of benzene rings is 2. The Hall–Kier alpha value is -3.42. The van der Waals surface area contributed by atoms with E-state index in [1.54, 1.807) is 36.1 Å². The van der Waals surface area contributed by atoms with Gasteiger partial charge in [-0.05, 0) is 44.0 Å². The van der Waals surface area contributed by atoms with Crippen molar-refractivity contribution in [2.75, 3.05) is 18.1 Å². The molecule has 0 aliphatic carbocycles. The van der Waals surface area contributed by atoms with Gasteiger partial charge in [0.1, 0.15) is 5.75 Å². The lowest BCUT2D eigenvalue weighted by atomic mass is 10.1. The number of amides is 1. The molecule has 2 aromatic carbocycles. The van der Waals surface area contributed by atoms with E-state index >= 15 is 0 Å². The molecule has 3 rings (SSSR count). The van der Waals surface area contributed by atoms with Gasteiger partial charge < -0.3 is 14.4 Å². The number of carbonyl (C=O) groups is 2. The predicted molar refractivity (Wildman–Crippen MR) is 115 cm³/mol. The van der Waals surface area contributed by atoms with E-state index in [-0.39, 0.29) is 17.6 Å². The molecule has 0 fully saturated rings. The SMILES string of the molecule is CCOC(=O)CCCCCCOc1cccc2c1CN(c1ccc([N+](=O)[O-])cc1)C2=O. The summed E-state index contributed by atoms with van der Waals surface area (Å²) < 4.78 is 10.8. The van der Waals surface area contributed by atoms with Crippen LogP contribution in [0, 0.1) is 10.1 Å². The largest absolute Gasteiger partial charge is 0.493 e. The summed E-state index contributed by atoms with van der Waals surface area (Å²) in [6.45, 7) is 3.11. The molecule has 0 atom stereocenters. The lowest BCUT2D eigenvalue weighted by molar-refractivity contribution is -0.384. The minimum atomic E-state index is -0.465. The van der Waals surface area contributed by atoms with Gasteiger partial charge >= 0.3 is 5.97 Å². The zero-order valence-corrected chi connectivity index (χ0v) is 17.5. The van der Waals surface area contributed by atoms with Crippen molar-refractivity contribution in [3.63, 3.8) is 0 Å². The van der Waals surface area contributed by atoms with Gasteiger partial charge in [0, 0.05) is 35.4 Å². The first kappa shape index (κ1) is 22.3. The number of rotatable bonds is 11. The summed E-state index contributed by atoms with van der Waals surface area (Å²) in [5.41, 5.74) is 2.01. The van der Waals surface area contributed by atoms with Gasteiger partial charge in [-0.1, -0.05) is 18.9 Å². The maximum Gasteiger partial charge on any atom is 0.305 e. The van der Waals surface area contributed by atoms with E-state index in [0.29, 0.717) is 43.2 Å². The molecule has 0 bridgehead atoms. The lowest BCUT2D eigenvalue weighted by Gasteiger charge is -2.15. The van der Waals surface area contributed by atoms with E-state index in [1.165, 1.54) is 12.1 Å². The summed E-state index contributed by atoms with van der Waals surface area (Å²) in [5.74, 6) is 0.385. The van der Waals surface area contributed by atoms with E-state index in [1.807, 2.05) is 6.07 Å². The maximum atomic E-state index is 12.8.